The van der Waals surface area contributed by atoms with E-state index >= 15 is 0 Å². The van der Waals surface area contributed by atoms with Crippen molar-refractivity contribution in [2.24, 2.45) is 0 Å². The Labute approximate surface area is 95.3 Å². The van der Waals surface area contributed by atoms with Crippen LogP contribution in [-0.4, -0.2) is 19.8 Å². The molecule has 16 heavy (non-hydrogen) atoms. The van der Waals surface area contributed by atoms with Crippen molar-refractivity contribution >= 4 is 11.6 Å². The molecule has 0 aliphatic carbocycles. The highest BCUT2D eigenvalue weighted by Gasteiger charge is 2.10. The van der Waals surface area contributed by atoms with Gasteiger partial charge in [0.05, 0.1) is 16.8 Å². The Morgan fingerprint density at radius 2 is 2.12 bits per heavy atom. The van der Waals surface area contributed by atoms with Gasteiger partial charge >= 0.3 is 5.69 Å². The summed E-state index contributed by atoms with van der Waals surface area (Å²) < 4.78 is 2.02. The number of benzene rings is 1. The molecule has 7 heteroatoms. The minimum absolute atomic E-state index is 0.136. The number of hydrogen-bond acceptors (Lipinski definition) is 4. The number of aromatic nitrogens is 4. The monoisotopic (exact) mass is 235 g/mol. The van der Waals surface area contributed by atoms with Gasteiger partial charge in [0.25, 0.3) is 0 Å². The number of hydrogen-bond donors (Lipinski definition) is 0. The lowest BCUT2D eigenvalue weighted by molar-refractivity contribution is 0.649. The molecule has 0 unspecified atom stereocenters. The molecule has 0 aliphatic rings. The van der Waals surface area contributed by atoms with Crippen molar-refractivity contribution in [2.75, 3.05) is 0 Å². The van der Waals surface area contributed by atoms with Crippen molar-refractivity contribution < 1.29 is 0 Å². The lowest BCUT2D eigenvalue weighted by Gasteiger charge is -1.99. The molecule has 0 saturated heterocycles. The molecule has 0 N–H and O–H groups in total. The van der Waals surface area contributed by atoms with Crippen molar-refractivity contribution in [3.8, 4) is 11.8 Å². The first-order valence-corrected chi connectivity index (χ1v) is 4.76. The van der Waals surface area contributed by atoms with Gasteiger partial charge in [-0.3, -0.25) is 0 Å². The fourth-order valence-electron chi connectivity index (χ4n) is 1.22. The molecule has 0 radical (unpaired) electrons. The maximum atomic E-state index is 11.7. The van der Waals surface area contributed by atoms with E-state index in [9.17, 15) is 4.79 Å². The van der Waals surface area contributed by atoms with Crippen LogP contribution in [-0.2, 0) is 6.54 Å². The second kappa shape index (κ2) is 4.16. The third kappa shape index (κ3) is 1.68. The Kier molecular flexibility index (Phi) is 2.70. The first-order chi connectivity index (χ1) is 7.74. The smallest absolute Gasteiger partial charge is 0.244 e. The zero-order valence-electron chi connectivity index (χ0n) is 8.04. The van der Waals surface area contributed by atoms with Crippen LogP contribution in [0.3, 0.4) is 0 Å². The third-order valence-corrected chi connectivity index (χ3v) is 2.26. The second-order valence-electron chi connectivity index (χ2n) is 2.94. The summed E-state index contributed by atoms with van der Waals surface area (Å²) >= 11 is 5.92. The lowest BCUT2D eigenvalue weighted by Crippen LogP contribution is -2.24. The van der Waals surface area contributed by atoms with Gasteiger partial charge < -0.3 is 0 Å². The Hall–Kier alpha value is -2.13. The average molecular weight is 236 g/mol. The molecule has 0 aliphatic heterocycles. The van der Waals surface area contributed by atoms with E-state index in [1.54, 1.807) is 24.3 Å². The van der Waals surface area contributed by atoms with E-state index in [1.165, 1.54) is 0 Å². The van der Waals surface area contributed by atoms with Crippen LogP contribution >= 0.6 is 11.6 Å². The van der Waals surface area contributed by atoms with Crippen LogP contribution in [0.4, 0.5) is 0 Å². The van der Waals surface area contributed by atoms with Crippen molar-refractivity contribution in [2.45, 2.75) is 6.54 Å². The number of para-hydroxylation sites is 1. The summed E-state index contributed by atoms with van der Waals surface area (Å²) in [7, 11) is 0. The zero-order valence-corrected chi connectivity index (χ0v) is 8.79. The molecule has 0 bridgehead atoms. The van der Waals surface area contributed by atoms with Crippen LogP contribution in [0.2, 0.25) is 5.02 Å². The highest BCUT2D eigenvalue weighted by atomic mass is 35.5. The Bertz CT molecular complexity index is 609. The number of nitrogens with zero attached hydrogens (tertiary/aromatic N) is 5. The summed E-state index contributed by atoms with van der Waals surface area (Å²) in [5.74, 6) is 0. The van der Waals surface area contributed by atoms with E-state index in [1.807, 2.05) is 6.07 Å². The highest BCUT2D eigenvalue weighted by Crippen LogP contribution is 2.16. The molecule has 0 atom stereocenters. The lowest BCUT2D eigenvalue weighted by atomic mass is 10.3. The first-order valence-electron chi connectivity index (χ1n) is 4.38. The summed E-state index contributed by atoms with van der Waals surface area (Å²) in [6.07, 6.45) is 0. The fourth-order valence-corrected chi connectivity index (χ4v) is 1.43. The molecular weight excluding hydrogens is 230 g/mol. The van der Waals surface area contributed by atoms with E-state index in [0.717, 1.165) is 9.36 Å². The molecule has 1 heterocycles. The van der Waals surface area contributed by atoms with E-state index < -0.39 is 5.69 Å². The molecule has 2 aromatic rings. The average Bonchev–Trinajstić information content (AvgIpc) is 2.62. The molecule has 2 rings (SSSR count). The van der Waals surface area contributed by atoms with Crippen LogP contribution in [0, 0.1) is 11.3 Å². The minimum atomic E-state index is -0.491. The topological polar surface area (TPSA) is 76.5 Å². The molecule has 1 aromatic heterocycles. The van der Waals surface area contributed by atoms with Gasteiger partial charge in [0.15, 0.2) is 0 Å². The summed E-state index contributed by atoms with van der Waals surface area (Å²) in [5, 5.41) is 16.1. The Morgan fingerprint density at radius 1 is 1.38 bits per heavy atom. The largest absolute Gasteiger partial charge is 0.369 e. The number of nitriles is 1. The van der Waals surface area contributed by atoms with Crippen LogP contribution in [0.5, 0.6) is 0 Å². The molecule has 0 spiro atoms. The highest BCUT2D eigenvalue weighted by molar-refractivity contribution is 6.32. The SMILES string of the molecule is N#CCn1nnn(-c2ccccc2Cl)c1=O. The zero-order chi connectivity index (χ0) is 11.5. The molecule has 1 aromatic carbocycles. The van der Waals surface area contributed by atoms with E-state index in [2.05, 4.69) is 10.4 Å². The summed E-state index contributed by atoms with van der Waals surface area (Å²) in [5.41, 5.74) is -0.0481. The van der Waals surface area contributed by atoms with Crippen LogP contribution in [0.1, 0.15) is 0 Å². The molecular formula is C9H6ClN5O. The number of tetrazole rings is 1. The number of halogens is 1. The first kappa shape index (κ1) is 10.4. The Balaban J connectivity index is 2.55. The maximum Gasteiger partial charge on any atom is 0.369 e. The Morgan fingerprint density at radius 3 is 2.81 bits per heavy atom. The minimum Gasteiger partial charge on any atom is -0.244 e. The van der Waals surface area contributed by atoms with Gasteiger partial charge in [-0.15, -0.1) is 0 Å². The maximum absolute atomic E-state index is 11.7. The van der Waals surface area contributed by atoms with Crippen molar-refractivity contribution in [3.05, 3.63) is 39.8 Å². The van der Waals surface area contributed by atoms with Gasteiger partial charge in [-0.25, -0.2) is 4.79 Å². The van der Waals surface area contributed by atoms with Gasteiger partial charge in [0, 0.05) is 0 Å². The van der Waals surface area contributed by atoms with Crippen LogP contribution in [0.25, 0.3) is 5.69 Å². The second-order valence-corrected chi connectivity index (χ2v) is 3.35. The predicted molar refractivity (Wildman–Crippen MR) is 56.2 cm³/mol. The van der Waals surface area contributed by atoms with Gasteiger partial charge in [-0.1, -0.05) is 23.7 Å². The van der Waals surface area contributed by atoms with Crippen molar-refractivity contribution in [3.63, 3.8) is 0 Å². The van der Waals surface area contributed by atoms with Crippen molar-refractivity contribution in [1.29, 1.82) is 5.26 Å². The third-order valence-electron chi connectivity index (χ3n) is 1.94. The predicted octanol–water partition coefficient (Wildman–Crippen LogP) is 0.606. The fraction of sp³-hybridized carbons (Fsp3) is 0.111. The van der Waals surface area contributed by atoms with Gasteiger partial charge in [0.1, 0.15) is 6.54 Å². The van der Waals surface area contributed by atoms with Crippen LogP contribution < -0.4 is 5.69 Å². The number of rotatable bonds is 2. The van der Waals surface area contributed by atoms with E-state index in [-0.39, 0.29) is 6.54 Å². The molecule has 0 amide bonds. The van der Waals surface area contributed by atoms with Gasteiger partial charge in [-0.05, 0) is 22.6 Å². The molecule has 80 valence electrons. The molecule has 6 nitrogen and oxygen atoms in total. The summed E-state index contributed by atoms with van der Waals surface area (Å²) in [6.45, 7) is -0.136. The summed E-state index contributed by atoms with van der Waals surface area (Å²) in [6, 6.07) is 8.59. The molecule has 0 saturated carbocycles. The normalized spacial score (nSPS) is 10.0. The van der Waals surface area contributed by atoms with E-state index in [4.69, 9.17) is 16.9 Å². The van der Waals surface area contributed by atoms with E-state index in [0.29, 0.717) is 10.7 Å². The van der Waals surface area contributed by atoms with Crippen molar-refractivity contribution in [1.82, 2.24) is 19.8 Å². The summed E-state index contributed by atoms with van der Waals surface area (Å²) in [4.78, 5) is 11.7. The molecule has 0 fully saturated rings. The standard InChI is InChI=1S/C9H6ClN5O/c10-7-3-1-2-4-8(7)15-9(16)14(6-5-11)12-13-15/h1-4H,6H2. The van der Waals surface area contributed by atoms with Gasteiger partial charge in [-0.2, -0.15) is 14.6 Å². The quantitative estimate of drug-likeness (QED) is 0.764. The van der Waals surface area contributed by atoms with Crippen LogP contribution in [0.15, 0.2) is 29.1 Å². The van der Waals surface area contributed by atoms with Gasteiger partial charge in [0.2, 0.25) is 0 Å².